The molecule has 3 rings (SSSR count). The molecule has 2 amide bonds. The number of hydrazine groups is 1. The smallest absolute Gasteiger partial charge is 0.290 e. The SMILES string of the molecule is CCCn1nc(C(=O)NNC(=O)CCc2ccccc2OCC)c2ccccc2c1=O. The molecule has 0 saturated heterocycles. The fourth-order valence-electron chi connectivity index (χ4n) is 3.27. The first kappa shape index (κ1) is 22.0. The van der Waals surface area contributed by atoms with Crippen molar-refractivity contribution in [3.63, 3.8) is 0 Å². The van der Waals surface area contributed by atoms with E-state index in [1.54, 1.807) is 24.3 Å². The minimum absolute atomic E-state index is 0.0886. The summed E-state index contributed by atoms with van der Waals surface area (Å²) in [6, 6.07) is 14.3. The summed E-state index contributed by atoms with van der Waals surface area (Å²) in [6.45, 7) is 4.77. The van der Waals surface area contributed by atoms with Crippen LogP contribution in [0.3, 0.4) is 0 Å². The molecular weight excluding hydrogens is 396 g/mol. The molecule has 0 radical (unpaired) electrons. The minimum atomic E-state index is -0.580. The number of para-hydroxylation sites is 1. The summed E-state index contributed by atoms with van der Waals surface area (Å²) < 4.78 is 6.85. The maximum Gasteiger partial charge on any atom is 0.290 e. The average Bonchev–Trinajstić information content (AvgIpc) is 2.79. The lowest BCUT2D eigenvalue weighted by Crippen LogP contribution is -2.43. The molecule has 0 bridgehead atoms. The largest absolute Gasteiger partial charge is 0.494 e. The van der Waals surface area contributed by atoms with Gasteiger partial charge in [0, 0.05) is 18.4 Å². The molecule has 2 N–H and O–H groups in total. The summed E-state index contributed by atoms with van der Waals surface area (Å²) in [7, 11) is 0. The Morgan fingerprint density at radius 3 is 2.45 bits per heavy atom. The third-order valence-corrected chi connectivity index (χ3v) is 4.73. The molecule has 3 aromatic rings. The molecule has 0 aliphatic heterocycles. The molecule has 31 heavy (non-hydrogen) atoms. The lowest BCUT2D eigenvalue weighted by molar-refractivity contribution is -0.121. The first-order valence-corrected chi connectivity index (χ1v) is 10.3. The van der Waals surface area contributed by atoms with Gasteiger partial charge in [0.05, 0.1) is 12.0 Å². The fourth-order valence-corrected chi connectivity index (χ4v) is 3.27. The van der Waals surface area contributed by atoms with Crippen molar-refractivity contribution in [3.8, 4) is 5.75 Å². The van der Waals surface area contributed by atoms with Crippen LogP contribution in [-0.4, -0.2) is 28.2 Å². The number of aromatic nitrogens is 2. The van der Waals surface area contributed by atoms with Crippen molar-refractivity contribution in [2.45, 2.75) is 39.7 Å². The van der Waals surface area contributed by atoms with Gasteiger partial charge in [-0.3, -0.25) is 25.2 Å². The molecule has 1 aromatic heterocycles. The zero-order valence-corrected chi connectivity index (χ0v) is 17.7. The van der Waals surface area contributed by atoms with Crippen molar-refractivity contribution in [3.05, 3.63) is 70.1 Å². The molecule has 0 saturated carbocycles. The summed E-state index contributed by atoms with van der Waals surface area (Å²) in [5.74, 6) is -0.175. The highest BCUT2D eigenvalue weighted by Crippen LogP contribution is 2.19. The van der Waals surface area contributed by atoms with Crippen molar-refractivity contribution in [2.24, 2.45) is 0 Å². The third kappa shape index (κ3) is 5.28. The van der Waals surface area contributed by atoms with Crippen LogP contribution in [0.1, 0.15) is 42.7 Å². The number of rotatable bonds is 8. The van der Waals surface area contributed by atoms with Crippen LogP contribution in [0.2, 0.25) is 0 Å². The lowest BCUT2D eigenvalue weighted by Gasteiger charge is -2.12. The molecule has 0 fully saturated rings. The summed E-state index contributed by atoms with van der Waals surface area (Å²) in [6.07, 6.45) is 1.35. The van der Waals surface area contributed by atoms with Crippen LogP contribution in [0.25, 0.3) is 10.8 Å². The van der Waals surface area contributed by atoms with Gasteiger partial charge in [-0.2, -0.15) is 5.10 Å². The number of benzene rings is 2. The highest BCUT2D eigenvalue weighted by molar-refractivity contribution is 6.05. The van der Waals surface area contributed by atoms with Crippen molar-refractivity contribution in [1.29, 1.82) is 0 Å². The second-order valence-corrected chi connectivity index (χ2v) is 6.97. The number of hydrogen-bond donors (Lipinski definition) is 2. The van der Waals surface area contributed by atoms with Gasteiger partial charge in [0.25, 0.3) is 11.5 Å². The Bertz CT molecular complexity index is 1140. The normalized spacial score (nSPS) is 10.6. The summed E-state index contributed by atoms with van der Waals surface area (Å²) in [5, 5.41) is 5.07. The molecule has 0 atom stereocenters. The van der Waals surface area contributed by atoms with Crippen LogP contribution in [0, 0.1) is 0 Å². The van der Waals surface area contributed by atoms with E-state index < -0.39 is 5.91 Å². The molecular formula is C23H26N4O4. The number of hydrogen-bond acceptors (Lipinski definition) is 5. The molecule has 0 spiro atoms. The monoisotopic (exact) mass is 422 g/mol. The van der Waals surface area contributed by atoms with E-state index in [0.717, 1.165) is 11.3 Å². The van der Waals surface area contributed by atoms with E-state index in [0.29, 0.717) is 36.8 Å². The molecule has 0 unspecified atom stereocenters. The number of aryl methyl sites for hydroxylation is 2. The number of fused-ring (bicyclic) bond motifs is 1. The molecule has 2 aromatic carbocycles. The van der Waals surface area contributed by atoms with Crippen LogP contribution >= 0.6 is 0 Å². The lowest BCUT2D eigenvalue weighted by atomic mass is 10.1. The average molecular weight is 422 g/mol. The van der Waals surface area contributed by atoms with Crippen LogP contribution in [0.5, 0.6) is 5.75 Å². The van der Waals surface area contributed by atoms with Crippen molar-refractivity contribution < 1.29 is 14.3 Å². The summed E-state index contributed by atoms with van der Waals surface area (Å²) in [5.41, 5.74) is 5.60. The van der Waals surface area contributed by atoms with Crippen LogP contribution in [0.4, 0.5) is 0 Å². The number of nitrogens with one attached hydrogen (secondary N) is 2. The van der Waals surface area contributed by atoms with Gasteiger partial charge in [-0.1, -0.05) is 43.3 Å². The van der Waals surface area contributed by atoms with Crippen molar-refractivity contribution >= 4 is 22.6 Å². The maximum atomic E-state index is 12.7. The van der Waals surface area contributed by atoms with Gasteiger partial charge >= 0.3 is 0 Å². The number of ether oxygens (including phenoxy) is 1. The predicted octanol–water partition coefficient (Wildman–Crippen LogP) is 2.60. The van der Waals surface area contributed by atoms with Crippen LogP contribution in [0.15, 0.2) is 53.3 Å². The Hall–Kier alpha value is -3.68. The van der Waals surface area contributed by atoms with E-state index in [1.807, 2.05) is 38.1 Å². The van der Waals surface area contributed by atoms with E-state index in [9.17, 15) is 14.4 Å². The first-order chi connectivity index (χ1) is 15.0. The van der Waals surface area contributed by atoms with Gasteiger partial charge in [-0.15, -0.1) is 0 Å². The minimum Gasteiger partial charge on any atom is -0.494 e. The van der Waals surface area contributed by atoms with E-state index in [1.165, 1.54) is 4.68 Å². The Labute approximate surface area is 180 Å². The van der Waals surface area contributed by atoms with Gasteiger partial charge in [-0.05, 0) is 37.5 Å². The molecule has 0 aliphatic carbocycles. The zero-order valence-electron chi connectivity index (χ0n) is 17.7. The quantitative estimate of drug-likeness (QED) is 0.543. The van der Waals surface area contributed by atoms with E-state index in [2.05, 4.69) is 16.0 Å². The summed E-state index contributed by atoms with van der Waals surface area (Å²) >= 11 is 0. The standard InChI is InChI=1S/C23H26N4O4/c1-3-15-27-23(30)18-11-7-6-10-17(18)21(26-27)22(29)25-24-20(28)14-13-16-9-5-8-12-19(16)31-4-2/h5-12H,3-4,13-15H2,1-2H3,(H,24,28)(H,25,29). The Balaban J connectivity index is 1.68. The van der Waals surface area contributed by atoms with E-state index >= 15 is 0 Å². The second-order valence-electron chi connectivity index (χ2n) is 6.97. The topological polar surface area (TPSA) is 102 Å². The molecule has 162 valence electrons. The number of carbonyl (C=O) groups excluding carboxylic acids is 2. The molecule has 1 heterocycles. The van der Waals surface area contributed by atoms with Gasteiger partial charge in [0.15, 0.2) is 5.69 Å². The second kappa shape index (κ2) is 10.4. The zero-order chi connectivity index (χ0) is 22.2. The summed E-state index contributed by atoms with van der Waals surface area (Å²) in [4.78, 5) is 37.5. The predicted molar refractivity (Wildman–Crippen MR) is 118 cm³/mol. The van der Waals surface area contributed by atoms with E-state index in [-0.39, 0.29) is 23.6 Å². The van der Waals surface area contributed by atoms with Gasteiger partial charge in [0.1, 0.15) is 5.75 Å². The third-order valence-electron chi connectivity index (χ3n) is 4.73. The number of amides is 2. The Morgan fingerprint density at radius 2 is 1.71 bits per heavy atom. The number of carbonyl (C=O) groups is 2. The van der Waals surface area contributed by atoms with Crippen molar-refractivity contribution in [2.75, 3.05) is 6.61 Å². The first-order valence-electron chi connectivity index (χ1n) is 10.3. The molecule has 8 heteroatoms. The van der Waals surface area contributed by atoms with Gasteiger partial charge < -0.3 is 4.74 Å². The molecule has 8 nitrogen and oxygen atoms in total. The van der Waals surface area contributed by atoms with Crippen LogP contribution < -0.4 is 21.1 Å². The fraction of sp³-hybridized carbons (Fsp3) is 0.304. The maximum absolute atomic E-state index is 12.7. The van der Waals surface area contributed by atoms with E-state index in [4.69, 9.17) is 4.74 Å². The van der Waals surface area contributed by atoms with Crippen LogP contribution in [-0.2, 0) is 17.8 Å². The highest BCUT2D eigenvalue weighted by atomic mass is 16.5. The molecule has 0 aliphatic rings. The Morgan fingerprint density at radius 1 is 1.00 bits per heavy atom. The van der Waals surface area contributed by atoms with Gasteiger partial charge in [0.2, 0.25) is 5.91 Å². The highest BCUT2D eigenvalue weighted by Gasteiger charge is 2.17. The Kier molecular flexibility index (Phi) is 7.37. The number of nitrogens with zero attached hydrogens (tertiary/aromatic N) is 2. The van der Waals surface area contributed by atoms with Gasteiger partial charge in [-0.25, -0.2) is 4.68 Å². The van der Waals surface area contributed by atoms with Crippen molar-refractivity contribution in [1.82, 2.24) is 20.6 Å².